The van der Waals surface area contributed by atoms with Crippen molar-refractivity contribution < 1.29 is 4.79 Å². The molecular formula is C15H23BrN2O. The number of amides is 1. The first kappa shape index (κ1) is 16.2. The molecule has 1 atom stereocenters. The van der Waals surface area contributed by atoms with E-state index in [1.54, 1.807) is 19.0 Å². The molecule has 0 aliphatic carbocycles. The van der Waals surface area contributed by atoms with Gasteiger partial charge < -0.3 is 10.2 Å². The van der Waals surface area contributed by atoms with Gasteiger partial charge >= 0.3 is 0 Å². The Morgan fingerprint density at radius 3 is 2.32 bits per heavy atom. The van der Waals surface area contributed by atoms with Crippen molar-refractivity contribution in [3.63, 3.8) is 0 Å². The van der Waals surface area contributed by atoms with Crippen molar-refractivity contribution in [3.05, 3.63) is 34.3 Å². The molecule has 0 fully saturated rings. The number of hydrogen-bond acceptors (Lipinski definition) is 2. The fourth-order valence-electron chi connectivity index (χ4n) is 1.90. The summed E-state index contributed by atoms with van der Waals surface area (Å²) in [5, 5.41) is 3.36. The van der Waals surface area contributed by atoms with Gasteiger partial charge in [0.05, 0.1) is 6.04 Å². The zero-order chi connectivity index (χ0) is 14.4. The second-order valence-electron chi connectivity index (χ2n) is 5.42. The van der Waals surface area contributed by atoms with Gasteiger partial charge in [-0.15, -0.1) is 0 Å². The summed E-state index contributed by atoms with van der Waals surface area (Å²) in [6.07, 6.45) is 0.855. The quantitative estimate of drug-likeness (QED) is 0.871. The maximum Gasteiger partial charge on any atom is 0.239 e. The molecular weight excluding hydrogens is 304 g/mol. The Bertz CT molecular complexity index is 401. The van der Waals surface area contributed by atoms with Crippen LogP contribution < -0.4 is 5.32 Å². The summed E-state index contributed by atoms with van der Waals surface area (Å²) < 4.78 is 1.07. The monoisotopic (exact) mass is 326 g/mol. The summed E-state index contributed by atoms with van der Waals surface area (Å²) in [7, 11) is 3.61. The standard InChI is InChI=1S/C15H23BrN2O/c1-11(2)9-14(15(19)18(3)4)17-10-12-5-7-13(16)8-6-12/h5-8,11,14,17H,9-10H2,1-4H3. The number of nitrogens with one attached hydrogen (secondary N) is 1. The number of halogens is 1. The molecule has 0 radical (unpaired) electrons. The lowest BCUT2D eigenvalue weighted by atomic mass is 10.0. The predicted octanol–water partition coefficient (Wildman–Crippen LogP) is 3.04. The summed E-state index contributed by atoms with van der Waals surface area (Å²) in [5.41, 5.74) is 1.18. The maximum absolute atomic E-state index is 12.1. The number of nitrogens with zero attached hydrogens (tertiary/aromatic N) is 1. The van der Waals surface area contributed by atoms with Crippen molar-refractivity contribution in [1.82, 2.24) is 10.2 Å². The second-order valence-corrected chi connectivity index (χ2v) is 6.34. The minimum Gasteiger partial charge on any atom is -0.347 e. The fraction of sp³-hybridized carbons (Fsp3) is 0.533. The van der Waals surface area contributed by atoms with Gasteiger partial charge in [0.1, 0.15) is 0 Å². The first-order valence-electron chi connectivity index (χ1n) is 6.59. The highest BCUT2D eigenvalue weighted by molar-refractivity contribution is 9.10. The number of carbonyl (C=O) groups is 1. The van der Waals surface area contributed by atoms with E-state index in [0.717, 1.165) is 10.9 Å². The third kappa shape index (κ3) is 5.74. The molecule has 1 aromatic rings. The lowest BCUT2D eigenvalue weighted by molar-refractivity contribution is -0.131. The molecule has 1 rings (SSSR count). The first-order valence-corrected chi connectivity index (χ1v) is 7.38. The highest BCUT2D eigenvalue weighted by atomic mass is 79.9. The van der Waals surface area contributed by atoms with Crippen molar-refractivity contribution in [2.24, 2.45) is 5.92 Å². The molecule has 0 saturated carbocycles. The summed E-state index contributed by atoms with van der Waals surface area (Å²) in [6.45, 7) is 4.98. The van der Waals surface area contributed by atoms with Crippen LogP contribution in [0.3, 0.4) is 0 Å². The lowest BCUT2D eigenvalue weighted by Crippen LogP contribution is -2.44. The van der Waals surface area contributed by atoms with Gasteiger partial charge in [0, 0.05) is 25.1 Å². The van der Waals surface area contributed by atoms with E-state index in [9.17, 15) is 4.79 Å². The molecule has 1 unspecified atom stereocenters. The third-order valence-electron chi connectivity index (χ3n) is 2.91. The van der Waals surface area contributed by atoms with Crippen LogP contribution in [-0.4, -0.2) is 30.9 Å². The van der Waals surface area contributed by atoms with Crippen molar-refractivity contribution >= 4 is 21.8 Å². The number of benzene rings is 1. The van der Waals surface area contributed by atoms with E-state index in [0.29, 0.717) is 12.5 Å². The summed E-state index contributed by atoms with van der Waals surface area (Å²) in [4.78, 5) is 13.8. The minimum atomic E-state index is -0.112. The van der Waals surface area contributed by atoms with Gasteiger partial charge in [-0.25, -0.2) is 0 Å². The molecule has 1 amide bonds. The normalized spacial score (nSPS) is 12.5. The van der Waals surface area contributed by atoms with Gasteiger partial charge in [-0.3, -0.25) is 4.79 Å². The third-order valence-corrected chi connectivity index (χ3v) is 3.44. The van der Waals surface area contributed by atoms with Crippen LogP contribution in [0.4, 0.5) is 0 Å². The minimum absolute atomic E-state index is 0.112. The van der Waals surface area contributed by atoms with Crippen LogP contribution >= 0.6 is 15.9 Å². The number of hydrogen-bond donors (Lipinski definition) is 1. The van der Waals surface area contributed by atoms with Crippen molar-refractivity contribution in [3.8, 4) is 0 Å². The van der Waals surface area contributed by atoms with Gasteiger partial charge in [-0.1, -0.05) is 41.9 Å². The van der Waals surface area contributed by atoms with Crippen molar-refractivity contribution in [1.29, 1.82) is 0 Å². The van der Waals surface area contributed by atoms with Crippen LogP contribution in [0.15, 0.2) is 28.7 Å². The van der Waals surface area contributed by atoms with E-state index < -0.39 is 0 Å². The lowest BCUT2D eigenvalue weighted by Gasteiger charge is -2.23. The highest BCUT2D eigenvalue weighted by Crippen LogP contribution is 2.12. The first-order chi connectivity index (χ1) is 8.90. The highest BCUT2D eigenvalue weighted by Gasteiger charge is 2.20. The van der Waals surface area contributed by atoms with Crippen LogP contribution in [0.25, 0.3) is 0 Å². The van der Waals surface area contributed by atoms with Gasteiger partial charge in [-0.05, 0) is 30.0 Å². The topological polar surface area (TPSA) is 32.3 Å². The molecule has 4 heteroatoms. The Hall–Kier alpha value is -0.870. The molecule has 0 spiro atoms. The van der Waals surface area contributed by atoms with E-state index in [4.69, 9.17) is 0 Å². The Labute approximate surface area is 124 Å². The molecule has 19 heavy (non-hydrogen) atoms. The van der Waals surface area contributed by atoms with Crippen LogP contribution in [-0.2, 0) is 11.3 Å². The largest absolute Gasteiger partial charge is 0.347 e. The Morgan fingerprint density at radius 2 is 1.84 bits per heavy atom. The molecule has 0 aliphatic rings. The van der Waals surface area contributed by atoms with Crippen LogP contribution in [0.5, 0.6) is 0 Å². The second kappa shape index (κ2) is 7.65. The average molecular weight is 327 g/mol. The number of likely N-dealkylation sites (N-methyl/N-ethyl adjacent to an activating group) is 1. The Kier molecular flexibility index (Phi) is 6.52. The average Bonchev–Trinajstić information content (AvgIpc) is 2.35. The summed E-state index contributed by atoms with van der Waals surface area (Å²) in [6, 6.07) is 8.04. The van der Waals surface area contributed by atoms with E-state index in [1.807, 2.05) is 12.1 Å². The zero-order valence-corrected chi connectivity index (χ0v) is 13.7. The molecule has 0 bridgehead atoms. The van der Waals surface area contributed by atoms with E-state index in [1.165, 1.54) is 5.56 Å². The van der Waals surface area contributed by atoms with E-state index >= 15 is 0 Å². The summed E-state index contributed by atoms with van der Waals surface area (Å²) in [5.74, 6) is 0.636. The van der Waals surface area contributed by atoms with Crippen molar-refractivity contribution in [2.45, 2.75) is 32.9 Å². The molecule has 0 aliphatic heterocycles. The molecule has 3 nitrogen and oxygen atoms in total. The van der Waals surface area contributed by atoms with Crippen LogP contribution in [0, 0.1) is 5.92 Å². The van der Waals surface area contributed by atoms with Crippen LogP contribution in [0.2, 0.25) is 0 Å². The van der Waals surface area contributed by atoms with Crippen LogP contribution in [0.1, 0.15) is 25.8 Å². The molecule has 106 valence electrons. The molecule has 0 saturated heterocycles. The van der Waals surface area contributed by atoms with Gasteiger partial charge in [0.15, 0.2) is 0 Å². The van der Waals surface area contributed by atoms with Gasteiger partial charge in [-0.2, -0.15) is 0 Å². The SMILES string of the molecule is CC(C)CC(NCc1ccc(Br)cc1)C(=O)N(C)C. The fourth-order valence-corrected chi connectivity index (χ4v) is 2.16. The zero-order valence-electron chi connectivity index (χ0n) is 12.1. The maximum atomic E-state index is 12.1. The van der Waals surface area contributed by atoms with E-state index in [2.05, 4.69) is 47.2 Å². The Morgan fingerprint density at radius 1 is 1.26 bits per heavy atom. The van der Waals surface area contributed by atoms with E-state index in [-0.39, 0.29) is 11.9 Å². The molecule has 0 heterocycles. The van der Waals surface area contributed by atoms with Gasteiger partial charge in [0.25, 0.3) is 0 Å². The Balaban J connectivity index is 2.62. The smallest absolute Gasteiger partial charge is 0.239 e. The predicted molar refractivity (Wildman–Crippen MR) is 82.9 cm³/mol. The van der Waals surface area contributed by atoms with Crippen molar-refractivity contribution in [2.75, 3.05) is 14.1 Å². The number of rotatable bonds is 6. The summed E-state index contributed by atoms with van der Waals surface area (Å²) >= 11 is 3.42. The molecule has 1 aromatic carbocycles. The van der Waals surface area contributed by atoms with Gasteiger partial charge in [0.2, 0.25) is 5.91 Å². The molecule has 0 aromatic heterocycles. The number of carbonyl (C=O) groups excluding carboxylic acids is 1. The molecule has 1 N–H and O–H groups in total.